The molecular weight excluding hydrogens is 395 g/mol. The van der Waals surface area contributed by atoms with Gasteiger partial charge in [0, 0.05) is 0 Å². The van der Waals surface area contributed by atoms with Crippen molar-refractivity contribution in [1.29, 1.82) is 0 Å². The molecule has 0 fully saturated rings. The molecule has 0 heterocycles. The molecule has 0 saturated carbocycles. The fourth-order valence-electron chi connectivity index (χ4n) is 3.14. The highest BCUT2D eigenvalue weighted by molar-refractivity contribution is 7.92. The molecule has 8 heteroatoms. The molecule has 0 bridgehead atoms. The van der Waals surface area contributed by atoms with E-state index in [9.17, 15) is 17.6 Å². The number of rotatable bonds is 9. The Bertz CT molecular complexity index is 943. The monoisotopic (exact) mass is 422 g/mol. The van der Waals surface area contributed by atoms with E-state index in [1.807, 2.05) is 32.0 Å². The third-order valence-electron chi connectivity index (χ3n) is 4.28. The second-order valence-corrected chi connectivity index (χ2v) is 8.76. The number of sulfonamides is 1. The number of halogens is 1. The van der Waals surface area contributed by atoms with Gasteiger partial charge in [-0.15, -0.1) is 0 Å². The molecule has 1 atom stereocenters. The van der Waals surface area contributed by atoms with E-state index < -0.39 is 27.8 Å². The number of anilines is 1. The number of benzene rings is 2. The van der Waals surface area contributed by atoms with Gasteiger partial charge in [0.1, 0.15) is 24.2 Å². The number of hydrogen-bond donors (Lipinski definition) is 1. The molecule has 0 aliphatic heterocycles. The third-order valence-corrected chi connectivity index (χ3v) is 5.45. The van der Waals surface area contributed by atoms with Crippen LogP contribution in [0.5, 0.6) is 5.75 Å². The van der Waals surface area contributed by atoms with Crippen molar-refractivity contribution in [2.75, 3.05) is 23.7 Å². The van der Waals surface area contributed by atoms with Crippen molar-refractivity contribution >= 4 is 21.6 Å². The number of hydrogen-bond acceptors (Lipinski definition) is 4. The minimum atomic E-state index is -3.88. The number of carbonyl (C=O) groups is 1. The van der Waals surface area contributed by atoms with Crippen LogP contribution in [-0.2, 0) is 14.8 Å². The molecule has 0 spiro atoms. The highest BCUT2D eigenvalue weighted by atomic mass is 32.2. The normalized spacial score (nSPS) is 12.3. The van der Waals surface area contributed by atoms with E-state index in [-0.39, 0.29) is 25.3 Å². The van der Waals surface area contributed by atoms with Gasteiger partial charge in [0.2, 0.25) is 15.9 Å². The van der Waals surface area contributed by atoms with Crippen LogP contribution in [0.2, 0.25) is 0 Å². The maximum Gasteiger partial charge on any atom is 0.244 e. The molecule has 2 aromatic rings. The molecule has 0 saturated heterocycles. The van der Waals surface area contributed by atoms with Gasteiger partial charge in [0.25, 0.3) is 0 Å². The van der Waals surface area contributed by atoms with Gasteiger partial charge in [-0.1, -0.05) is 25.1 Å². The largest absolute Gasteiger partial charge is 0.492 e. The lowest BCUT2D eigenvalue weighted by molar-refractivity contribution is -0.122. The van der Waals surface area contributed by atoms with Crippen molar-refractivity contribution in [2.45, 2.75) is 33.2 Å². The van der Waals surface area contributed by atoms with Gasteiger partial charge in [0.05, 0.1) is 18.5 Å². The quantitative estimate of drug-likeness (QED) is 0.630. The molecule has 2 aromatic carbocycles. The van der Waals surface area contributed by atoms with Crippen LogP contribution in [0.15, 0.2) is 42.5 Å². The summed E-state index contributed by atoms with van der Waals surface area (Å²) in [5, 5.41) is 2.68. The number of aryl methyl sites for hydroxylation is 2. The molecule has 6 nitrogen and oxygen atoms in total. The lowest BCUT2D eigenvalue weighted by Gasteiger charge is -2.30. The van der Waals surface area contributed by atoms with E-state index in [1.54, 1.807) is 6.92 Å². The van der Waals surface area contributed by atoms with Crippen LogP contribution in [0.4, 0.5) is 10.1 Å². The summed E-state index contributed by atoms with van der Waals surface area (Å²) >= 11 is 0. The van der Waals surface area contributed by atoms with Crippen LogP contribution in [-0.4, -0.2) is 39.8 Å². The minimum Gasteiger partial charge on any atom is -0.492 e. The Morgan fingerprint density at radius 2 is 1.79 bits per heavy atom. The first-order valence-corrected chi connectivity index (χ1v) is 11.2. The summed E-state index contributed by atoms with van der Waals surface area (Å²) in [7, 11) is -3.88. The standard InChI is InChI=1S/C21H27FN2O4S/c1-5-19(24(29(4,26)27)20-9-7-6-8-18(20)22)21(25)23-10-11-28-17-13-15(2)12-16(3)14-17/h6-9,12-14,19H,5,10-11H2,1-4H3,(H,23,25). The van der Waals surface area contributed by atoms with Crippen LogP contribution in [0, 0.1) is 19.7 Å². The topological polar surface area (TPSA) is 75.7 Å². The number of nitrogens with zero attached hydrogens (tertiary/aromatic N) is 1. The highest BCUT2D eigenvalue weighted by Crippen LogP contribution is 2.25. The summed E-state index contributed by atoms with van der Waals surface area (Å²) in [4.78, 5) is 12.7. The molecule has 2 rings (SSSR count). The Morgan fingerprint density at radius 3 is 2.34 bits per heavy atom. The van der Waals surface area contributed by atoms with Crippen LogP contribution in [0.25, 0.3) is 0 Å². The third kappa shape index (κ3) is 6.19. The van der Waals surface area contributed by atoms with Gasteiger partial charge in [0.15, 0.2) is 0 Å². The minimum absolute atomic E-state index is 0.150. The molecule has 0 radical (unpaired) electrons. The van der Waals surface area contributed by atoms with Crippen molar-refractivity contribution in [1.82, 2.24) is 5.32 Å². The first-order chi connectivity index (χ1) is 13.6. The molecule has 29 heavy (non-hydrogen) atoms. The van der Waals surface area contributed by atoms with Crippen LogP contribution < -0.4 is 14.4 Å². The molecule has 0 aliphatic rings. The van der Waals surface area contributed by atoms with E-state index in [4.69, 9.17) is 4.74 Å². The van der Waals surface area contributed by atoms with Gasteiger partial charge in [-0.3, -0.25) is 9.10 Å². The van der Waals surface area contributed by atoms with Crippen molar-refractivity contribution in [2.24, 2.45) is 0 Å². The predicted octanol–water partition coefficient (Wildman–Crippen LogP) is 3.18. The molecule has 1 unspecified atom stereocenters. The summed E-state index contributed by atoms with van der Waals surface area (Å²) < 4.78 is 45.4. The Morgan fingerprint density at radius 1 is 1.17 bits per heavy atom. The summed E-state index contributed by atoms with van der Waals surface area (Å²) in [5.41, 5.74) is 2.00. The van der Waals surface area contributed by atoms with Crippen LogP contribution in [0.3, 0.4) is 0 Å². The van der Waals surface area contributed by atoms with Gasteiger partial charge in [-0.25, -0.2) is 12.8 Å². The Kier molecular flexibility index (Phi) is 7.61. The second kappa shape index (κ2) is 9.73. The first-order valence-electron chi connectivity index (χ1n) is 9.36. The zero-order valence-electron chi connectivity index (χ0n) is 17.1. The summed E-state index contributed by atoms with van der Waals surface area (Å²) in [6.07, 6.45) is 1.14. The van der Waals surface area contributed by atoms with E-state index in [0.717, 1.165) is 27.8 Å². The van der Waals surface area contributed by atoms with Crippen molar-refractivity contribution in [3.05, 3.63) is 59.4 Å². The summed E-state index contributed by atoms with van der Waals surface area (Å²) in [5.74, 6) is -0.513. The Hall–Kier alpha value is -2.61. The average Bonchev–Trinajstić information content (AvgIpc) is 2.62. The number of ether oxygens (including phenoxy) is 1. The maximum absolute atomic E-state index is 14.2. The van der Waals surface area contributed by atoms with Crippen molar-refractivity contribution in [3.63, 3.8) is 0 Å². The SMILES string of the molecule is CCC(C(=O)NCCOc1cc(C)cc(C)c1)N(c1ccccc1F)S(C)(=O)=O. The molecular formula is C21H27FN2O4S. The average molecular weight is 423 g/mol. The van der Waals surface area contributed by atoms with Crippen LogP contribution >= 0.6 is 0 Å². The molecule has 158 valence electrons. The fraction of sp³-hybridized carbons (Fsp3) is 0.381. The van der Waals surface area contributed by atoms with E-state index in [0.29, 0.717) is 5.75 Å². The maximum atomic E-state index is 14.2. The molecule has 0 aliphatic carbocycles. The number of carbonyl (C=O) groups excluding carboxylic acids is 1. The Labute approximate surface area is 171 Å². The van der Waals surface area contributed by atoms with E-state index >= 15 is 0 Å². The number of para-hydroxylation sites is 1. The van der Waals surface area contributed by atoms with Gasteiger partial charge in [-0.2, -0.15) is 0 Å². The fourth-order valence-corrected chi connectivity index (χ4v) is 4.36. The lowest BCUT2D eigenvalue weighted by Crippen LogP contribution is -2.50. The summed E-state index contributed by atoms with van der Waals surface area (Å²) in [6.45, 7) is 6.03. The Balaban J connectivity index is 2.07. The van der Waals surface area contributed by atoms with E-state index in [2.05, 4.69) is 5.32 Å². The molecule has 0 aromatic heterocycles. The van der Waals surface area contributed by atoms with Crippen LogP contribution in [0.1, 0.15) is 24.5 Å². The molecule has 1 N–H and O–H groups in total. The van der Waals surface area contributed by atoms with E-state index in [1.165, 1.54) is 18.2 Å². The van der Waals surface area contributed by atoms with Crippen molar-refractivity contribution < 1.29 is 22.3 Å². The van der Waals surface area contributed by atoms with Gasteiger partial charge >= 0.3 is 0 Å². The highest BCUT2D eigenvalue weighted by Gasteiger charge is 2.32. The number of nitrogens with one attached hydrogen (secondary N) is 1. The summed E-state index contributed by atoms with van der Waals surface area (Å²) in [6, 6.07) is 10.3. The van der Waals surface area contributed by atoms with Gasteiger partial charge < -0.3 is 10.1 Å². The number of amides is 1. The first kappa shape index (κ1) is 22.7. The predicted molar refractivity (Wildman–Crippen MR) is 112 cm³/mol. The zero-order chi connectivity index (χ0) is 21.6. The zero-order valence-corrected chi connectivity index (χ0v) is 17.9. The smallest absolute Gasteiger partial charge is 0.244 e. The second-order valence-electron chi connectivity index (χ2n) is 6.90. The lowest BCUT2D eigenvalue weighted by atomic mass is 10.1. The van der Waals surface area contributed by atoms with Crippen molar-refractivity contribution in [3.8, 4) is 5.75 Å². The molecule has 1 amide bonds. The van der Waals surface area contributed by atoms with Gasteiger partial charge in [-0.05, 0) is 55.7 Å².